The fourth-order valence-electron chi connectivity index (χ4n) is 2.30. The molecule has 4 N–H and O–H groups in total. The summed E-state index contributed by atoms with van der Waals surface area (Å²) in [7, 11) is -4.24. The highest BCUT2D eigenvalue weighted by atomic mass is 32.2. The van der Waals surface area contributed by atoms with Gasteiger partial charge in [0.2, 0.25) is 0 Å². The molecule has 3 rings (SSSR count). The molecule has 0 saturated heterocycles. The minimum atomic E-state index is -4.24. The lowest BCUT2D eigenvalue weighted by Gasteiger charge is -2.08. The van der Waals surface area contributed by atoms with Gasteiger partial charge in [-0.1, -0.05) is 12.1 Å². The summed E-state index contributed by atoms with van der Waals surface area (Å²) >= 11 is 0. The molecule has 0 aromatic heterocycles. The number of benzene rings is 3. The van der Waals surface area contributed by atoms with Gasteiger partial charge in [0.15, 0.2) is 0 Å². The van der Waals surface area contributed by atoms with Gasteiger partial charge in [0.1, 0.15) is 0 Å². The zero-order valence-corrected chi connectivity index (χ0v) is 13.2. The number of carbonyl (C=O) groups excluding carboxylic acids is 1. The molecule has 0 aliphatic rings. The van der Waals surface area contributed by atoms with E-state index < -0.39 is 10.1 Å². The van der Waals surface area contributed by atoms with E-state index in [1.165, 1.54) is 12.1 Å². The number of nitrogens with two attached hydrogens (primary N) is 1. The van der Waals surface area contributed by atoms with Crippen molar-refractivity contribution in [1.82, 2.24) is 0 Å². The van der Waals surface area contributed by atoms with Crippen molar-refractivity contribution in [2.45, 2.75) is 4.90 Å². The van der Waals surface area contributed by atoms with Crippen LogP contribution in [0.4, 0.5) is 11.4 Å². The summed E-state index contributed by atoms with van der Waals surface area (Å²) in [6, 6.07) is 15.8. The highest BCUT2D eigenvalue weighted by Crippen LogP contribution is 2.23. The molecule has 7 heteroatoms. The summed E-state index contributed by atoms with van der Waals surface area (Å²) in [6.45, 7) is 0. The van der Waals surface area contributed by atoms with Crippen LogP contribution in [0.5, 0.6) is 0 Å². The fourth-order valence-corrected chi connectivity index (χ4v) is 2.82. The zero-order chi connectivity index (χ0) is 17.3. The van der Waals surface area contributed by atoms with Crippen LogP contribution in [0.1, 0.15) is 10.4 Å². The van der Waals surface area contributed by atoms with E-state index in [9.17, 15) is 13.2 Å². The lowest BCUT2D eigenvalue weighted by Crippen LogP contribution is -2.11. The normalized spacial score (nSPS) is 11.4. The molecule has 0 saturated carbocycles. The van der Waals surface area contributed by atoms with Gasteiger partial charge in [-0.15, -0.1) is 0 Å². The molecule has 0 spiro atoms. The average Bonchev–Trinajstić information content (AvgIpc) is 2.54. The molecular formula is C17H14N2O4S. The Hall–Kier alpha value is -2.90. The quantitative estimate of drug-likeness (QED) is 0.501. The Morgan fingerprint density at radius 2 is 1.54 bits per heavy atom. The topological polar surface area (TPSA) is 109 Å². The monoisotopic (exact) mass is 342 g/mol. The first kappa shape index (κ1) is 16.0. The van der Waals surface area contributed by atoms with Crippen LogP contribution in [0, 0.1) is 0 Å². The van der Waals surface area contributed by atoms with Crippen LogP contribution in [0.2, 0.25) is 0 Å². The van der Waals surface area contributed by atoms with E-state index in [-0.39, 0.29) is 10.8 Å². The van der Waals surface area contributed by atoms with Crippen molar-refractivity contribution in [1.29, 1.82) is 0 Å². The second-order valence-electron chi connectivity index (χ2n) is 5.27. The number of hydrogen-bond donors (Lipinski definition) is 3. The summed E-state index contributed by atoms with van der Waals surface area (Å²) in [6.07, 6.45) is 0. The van der Waals surface area contributed by atoms with E-state index in [4.69, 9.17) is 10.3 Å². The minimum Gasteiger partial charge on any atom is -0.399 e. The first-order valence-corrected chi connectivity index (χ1v) is 8.45. The van der Waals surface area contributed by atoms with Crippen molar-refractivity contribution >= 4 is 38.2 Å². The number of anilines is 2. The van der Waals surface area contributed by atoms with E-state index in [1.807, 2.05) is 0 Å². The summed E-state index contributed by atoms with van der Waals surface area (Å²) in [4.78, 5) is 12.0. The second-order valence-corrected chi connectivity index (χ2v) is 6.70. The van der Waals surface area contributed by atoms with Gasteiger partial charge in [0.25, 0.3) is 16.0 Å². The summed E-state index contributed by atoms with van der Waals surface area (Å²) in [5.74, 6) is -0.274. The van der Waals surface area contributed by atoms with Crippen molar-refractivity contribution in [2.75, 3.05) is 11.1 Å². The largest absolute Gasteiger partial charge is 0.399 e. The van der Waals surface area contributed by atoms with Crippen molar-refractivity contribution in [3.63, 3.8) is 0 Å². The Bertz CT molecular complexity index is 1030. The van der Waals surface area contributed by atoms with Gasteiger partial charge in [-0.2, -0.15) is 8.42 Å². The van der Waals surface area contributed by atoms with Crippen LogP contribution in [-0.2, 0) is 10.1 Å². The third-order valence-corrected chi connectivity index (χ3v) is 4.39. The van der Waals surface area contributed by atoms with Gasteiger partial charge in [0, 0.05) is 16.9 Å². The number of nitrogens with one attached hydrogen (secondary N) is 1. The Kier molecular flexibility index (Phi) is 3.96. The summed E-state index contributed by atoms with van der Waals surface area (Å²) < 4.78 is 31.4. The molecule has 0 aliphatic carbocycles. The average molecular weight is 342 g/mol. The van der Waals surface area contributed by atoms with Crippen LogP contribution in [0.3, 0.4) is 0 Å². The zero-order valence-electron chi connectivity index (χ0n) is 12.4. The summed E-state index contributed by atoms with van der Waals surface area (Å²) in [5.41, 5.74) is 7.22. The number of fused-ring (bicyclic) bond motifs is 1. The predicted octanol–water partition coefficient (Wildman–Crippen LogP) is 2.92. The maximum Gasteiger partial charge on any atom is 0.294 e. The molecule has 24 heavy (non-hydrogen) atoms. The van der Waals surface area contributed by atoms with E-state index in [0.29, 0.717) is 22.3 Å². The number of nitrogen functional groups attached to an aromatic ring is 1. The smallest absolute Gasteiger partial charge is 0.294 e. The Balaban J connectivity index is 1.88. The third kappa shape index (κ3) is 3.37. The molecule has 3 aromatic carbocycles. The molecule has 0 aliphatic heterocycles. The van der Waals surface area contributed by atoms with E-state index in [2.05, 4.69) is 5.32 Å². The first-order chi connectivity index (χ1) is 11.3. The number of carbonyl (C=O) groups is 1. The number of hydrogen-bond acceptors (Lipinski definition) is 4. The maximum absolute atomic E-state index is 12.2. The highest BCUT2D eigenvalue weighted by molar-refractivity contribution is 7.85. The first-order valence-electron chi connectivity index (χ1n) is 7.01. The van der Waals surface area contributed by atoms with Crippen molar-refractivity contribution < 1.29 is 17.8 Å². The third-order valence-electron chi connectivity index (χ3n) is 3.54. The molecule has 1 amide bonds. The van der Waals surface area contributed by atoms with Crippen molar-refractivity contribution in [3.05, 3.63) is 66.2 Å². The fraction of sp³-hybridized carbons (Fsp3) is 0. The van der Waals surface area contributed by atoms with Gasteiger partial charge in [0.05, 0.1) is 4.90 Å². The lowest BCUT2D eigenvalue weighted by atomic mass is 10.1. The van der Waals surface area contributed by atoms with Crippen LogP contribution in [-0.4, -0.2) is 18.9 Å². The van der Waals surface area contributed by atoms with E-state index >= 15 is 0 Å². The molecule has 6 nitrogen and oxygen atoms in total. The standard InChI is InChI=1S/C17H14N2O4S/c18-14-5-1-11(2-6-14)17(20)19-15-7-3-13-10-16(24(21,22)23)8-4-12(13)9-15/h1-10H,18H2,(H,19,20)(H,21,22,23). The van der Waals surface area contributed by atoms with Crippen molar-refractivity contribution in [3.8, 4) is 0 Å². The van der Waals surface area contributed by atoms with Crippen LogP contribution < -0.4 is 11.1 Å². The van der Waals surface area contributed by atoms with Crippen LogP contribution in [0.25, 0.3) is 10.8 Å². The van der Waals surface area contributed by atoms with Gasteiger partial charge in [-0.05, 0) is 59.3 Å². The molecule has 0 bridgehead atoms. The predicted molar refractivity (Wildman–Crippen MR) is 92.6 cm³/mol. The molecule has 0 radical (unpaired) electrons. The Labute approximate surface area is 138 Å². The van der Waals surface area contributed by atoms with E-state index in [1.54, 1.807) is 48.5 Å². The SMILES string of the molecule is Nc1ccc(C(=O)Nc2ccc3cc(S(=O)(=O)O)ccc3c2)cc1. The van der Waals surface area contributed by atoms with Gasteiger partial charge in [-0.25, -0.2) is 0 Å². The van der Waals surface area contributed by atoms with Gasteiger partial charge < -0.3 is 11.1 Å². The van der Waals surface area contributed by atoms with Crippen molar-refractivity contribution in [2.24, 2.45) is 0 Å². The minimum absolute atomic E-state index is 0.173. The molecule has 0 unspecified atom stereocenters. The molecule has 122 valence electrons. The molecule has 0 heterocycles. The van der Waals surface area contributed by atoms with Crippen LogP contribution in [0.15, 0.2) is 65.6 Å². The number of amides is 1. The number of rotatable bonds is 3. The maximum atomic E-state index is 12.2. The van der Waals surface area contributed by atoms with E-state index in [0.717, 1.165) is 5.39 Å². The second kappa shape index (κ2) is 5.95. The van der Waals surface area contributed by atoms with Gasteiger partial charge in [-0.3, -0.25) is 9.35 Å². The molecular weight excluding hydrogens is 328 g/mol. The highest BCUT2D eigenvalue weighted by Gasteiger charge is 2.11. The Morgan fingerprint density at radius 1 is 0.917 bits per heavy atom. The molecule has 3 aromatic rings. The lowest BCUT2D eigenvalue weighted by molar-refractivity contribution is 0.102. The Morgan fingerprint density at radius 3 is 2.21 bits per heavy atom. The van der Waals surface area contributed by atoms with Gasteiger partial charge >= 0.3 is 0 Å². The summed E-state index contributed by atoms with van der Waals surface area (Å²) in [5, 5.41) is 4.14. The van der Waals surface area contributed by atoms with Crippen LogP contribution >= 0.6 is 0 Å². The molecule has 0 fully saturated rings. The molecule has 0 atom stereocenters.